The number of piperidine rings is 1. The van der Waals surface area contributed by atoms with Crippen molar-refractivity contribution in [1.82, 2.24) is 4.90 Å². The average Bonchev–Trinajstić information content (AvgIpc) is 2.73. The van der Waals surface area contributed by atoms with Gasteiger partial charge in [0.2, 0.25) is 10.0 Å². The van der Waals surface area contributed by atoms with Crippen LogP contribution in [0, 0.1) is 12.8 Å². The lowest BCUT2D eigenvalue weighted by molar-refractivity contribution is -0.139. The zero-order chi connectivity index (χ0) is 21.3. The maximum Gasteiger partial charge on any atom is 0.265 e. The molecule has 6 nitrogen and oxygen atoms in total. The van der Waals surface area contributed by atoms with Gasteiger partial charge in [0.15, 0.2) is 6.10 Å². The summed E-state index contributed by atoms with van der Waals surface area (Å²) in [7, 11) is -3.51. The molecule has 160 valence electrons. The molecule has 4 rings (SSSR count). The number of fused-ring (bicyclic) bond motifs is 1. The van der Waals surface area contributed by atoms with Crippen molar-refractivity contribution in [3.63, 3.8) is 0 Å². The monoisotopic (exact) mass is 428 g/mol. The van der Waals surface area contributed by atoms with E-state index in [4.69, 9.17) is 4.74 Å². The molecule has 0 saturated carbocycles. The lowest BCUT2D eigenvalue weighted by Crippen LogP contribution is -2.53. The lowest BCUT2D eigenvalue weighted by Gasteiger charge is -2.38. The molecule has 2 aliphatic rings. The Bertz CT molecular complexity index is 1010. The normalized spacial score (nSPS) is 19.9. The van der Waals surface area contributed by atoms with Crippen LogP contribution in [0.2, 0.25) is 0 Å². The van der Waals surface area contributed by atoms with E-state index in [1.807, 2.05) is 24.0 Å². The Kier molecular flexibility index (Phi) is 5.73. The summed E-state index contributed by atoms with van der Waals surface area (Å²) in [5.41, 5.74) is 2.77. The second-order valence-corrected chi connectivity index (χ2v) is 10.2. The number of nitrogens with zero attached hydrogens (tertiary/aromatic N) is 2. The van der Waals surface area contributed by atoms with E-state index in [0.717, 1.165) is 24.8 Å². The molecule has 1 amide bonds. The Hall–Kier alpha value is -2.54. The van der Waals surface area contributed by atoms with Crippen molar-refractivity contribution in [2.24, 2.45) is 5.92 Å². The van der Waals surface area contributed by atoms with Crippen molar-refractivity contribution in [2.75, 3.05) is 30.2 Å². The number of ether oxygens (including phenoxy) is 1. The van der Waals surface area contributed by atoms with Gasteiger partial charge in [-0.25, -0.2) is 8.42 Å². The topological polar surface area (TPSA) is 66.9 Å². The summed E-state index contributed by atoms with van der Waals surface area (Å²) in [6, 6.07) is 15.8. The predicted octanol–water partition coefficient (Wildman–Crippen LogP) is 3.00. The molecular formula is C23H28N2O4S. The molecule has 1 saturated heterocycles. The van der Waals surface area contributed by atoms with Gasteiger partial charge < -0.3 is 9.64 Å². The molecule has 7 heteroatoms. The second-order valence-electron chi connectivity index (χ2n) is 8.33. The number of benzene rings is 2. The molecule has 1 unspecified atom stereocenters. The fourth-order valence-electron chi connectivity index (χ4n) is 4.31. The second kappa shape index (κ2) is 8.30. The zero-order valence-corrected chi connectivity index (χ0v) is 18.3. The van der Waals surface area contributed by atoms with Gasteiger partial charge in [0.1, 0.15) is 5.75 Å². The molecule has 2 heterocycles. The molecule has 0 aliphatic carbocycles. The minimum atomic E-state index is -3.51. The summed E-state index contributed by atoms with van der Waals surface area (Å²) in [5, 5.41) is 0. The Morgan fingerprint density at radius 2 is 1.80 bits per heavy atom. The number of sulfonamides is 1. The van der Waals surface area contributed by atoms with Crippen LogP contribution >= 0.6 is 0 Å². The van der Waals surface area contributed by atoms with E-state index in [2.05, 4.69) is 24.3 Å². The number of hydrogen-bond donors (Lipinski definition) is 0. The van der Waals surface area contributed by atoms with Crippen molar-refractivity contribution >= 4 is 21.6 Å². The summed E-state index contributed by atoms with van der Waals surface area (Å²) in [4.78, 5) is 15.0. The van der Waals surface area contributed by atoms with Gasteiger partial charge in [0.05, 0.1) is 18.5 Å². The molecule has 2 aromatic carbocycles. The smallest absolute Gasteiger partial charge is 0.265 e. The van der Waals surface area contributed by atoms with Crippen molar-refractivity contribution in [3.8, 4) is 5.75 Å². The Labute approximate surface area is 178 Å². The third-order valence-electron chi connectivity index (χ3n) is 5.95. The van der Waals surface area contributed by atoms with Crippen LogP contribution in [0.1, 0.15) is 24.0 Å². The SMILES string of the molecule is Cc1ccc2c(c1)N(S(C)(=O)=O)CC(C(=O)N1CCC(Cc3ccccc3)CC1)O2. The van der Waals surface area contributed by atoms with E-state index in [0.29, 0.717) is 30.4 Å². The first kappa shape index (κ1) is 20.7. The third-order valence-corrected chi connectivity index (χ3v) is 7.10. The number of amides is 1. The summed E-state index contributed by atoms with van der Waals surface area (Å²) in [5.74, 6) is 0.863. The van der Waals surface area contributed by atoms with Gasteiger partial charge in [0, 0.05) is 13.1 Å². The maximum atomic E-state index is 13.1. The average molecular weight is 429 g/mol. The number of likely N-dealkylation sites (tertiary alicyclic amines) is 1. The van der Waals surface area contributed by atoms with E-state index in [9.17, 15) is 13.2 Å². The molecular weight excluding hydrogens is 400 g/mol. The number of carbonyl (C=O) groups is 1. The summed E-state index contributed by atoms with van der Waals surface area (Å²) in [6.07, 6.45) is 3.26. The highest BCUT2D eigenvalue weighted by molar-refractivity contribution is 7.92. The molecule has 1 fully saturated rings. The number of hydrogen-bond acceptors (Lipinski definition) is 4. The number of aryl methyl sites for hydroxylation is 1. The number of carbonyl (C=O) groups excluding carboxylic acids is 1. The maximum absolute atomic E-state index is 13.1. The van der Waals surface area contributed by atoms with Crippen molar-refractivity contribution in [2.45, 2.75) is 32.3 Å². The van der Waals surface area contributed by atoms with Gasteiger partial charge in [-0.1, -0.05) is 36.4 Å². The fourth-order valence-corrected chi connectivity index (χ4v) is 5.22. The van der Waals surface area contributed by atoms with Crippen molar-refractivity contribution < 1.29 is 17.9 Å². The molecule has 0 radical (unpaired) electrons. The molecule has 30 heavy (non-hydrogen) atoms. The summed E-state index contributed by atoms with van der Waals surface area (Å²) < 4.78 is 32.0. The molecule has 0 aromatic heterocycles. The highest BCUT2D eigenvalue weighted by Gasteiger charge is 2.38. The van der Waals surface area contributed by atoms with E-state index in [1.54, 1.807) is 12.1 Å². The van der Waals surface area contributed by atoms with Gasteiger partial charge in [-0.2, -0.15) is 0 Å². The van der Waals surface area contributed by atoms with E-state index >= 15 is 0 Å². The van der Waals surface area contributed by atoms with E-state index < -0.39 is 16.1 Å². The van der Waals surface area contributed by atoms with Crippen LogP contribution in [-0.2, 0) is 21.2 Å². The number of rotatable bonds is 4. The fraction of sp³-hybridized carbons (Fsp3) is 0.435. The van der Waals surface area contributed by atoms with Crippen LogP contribution in [-0.4, -0.2) is 51.2 Å². The Balaban J connectivity index is 1.43. The Morgan fingerprint density at radius 1 is 1.10 bits per heavy atom. The molecule has 2 aromatic rings. The van der Waals surface area contributed by atoms with Crippen LogP contribution in [0.25, 0.3) is 0 Å². The minimum absolute atomic E-state index is 0.0120. The molecule has 0 spiro atoms. The van der Waals surface area contributed by atoms with Gasteiger partial charge in [0.25, 0.3) is 5.91 Å². The van der Waals surface area contributed by atoms with Crippen LogP contribution < -0.4 is 9.04 Å². The highest BCUT2D eigenvalue weighted by Crippen LogP contribution is 2.36. The first-order chi connectivity index (χ1) is 14.3. The van der Waals surface area contributed by atoms with Crippen LogP contribution in [0.4, 0.5) is 5.69 Å². The first-order valence-corrected chi connectivity index (χ1v) is 12.2. The number of anilines is 1. The molecule has 1 atom stereocenters. The first-order valence-electron chi connectivity index (χ1n) is 10.4. The Morgan fingerprint density at radius 3 is 2.47 bits per heavy atom. The van der Waals surface area contributed by atoms with Gasteiger partial charge >= 0.3 is 0 Å². The van der Waals surface area contributed by atoms with Gasteiger partial charge in [-0.15, -0.1) is 0 Å². The minimum Gasteiger partial charge on any atom is -0.476 e. The van der Waals surface area contributed by atoms with E-state index in [1.165, 1.54) is 16.1 Å². The zero-order valence-electron chi connectivity index (χ0n) is 17.5. The van der Waals surface area contributed by atoms with Gasteiger partial charge in [-0.3, -0.25) is 9.10 Å². The standard InChI is InChI=1S/C23H28N2O4S/c1-17-8-9-21-20(14-17)25(30(2,27)28)16-22(29-21)23(26)24-12-10-19(11-13-24)15-18-6-4-3-5-7-18/h3-9,14,19,22H,10-13,15-16H2,1-2H3. The molecule has 0 N–H and O–H groups in total. The van der Waals surface area contributed by atoms with Gasteiger partial charge in [-0.05, 0) is 55.4 Å². The summed E-state index contributed by atoms with van der Waals surface area (Å²) in [6.45, 7) is 3.27. The molecule has 2 aliphatic heterocycles. The molecule has 0 bridgehead atoms. The van der Waals surface area contributed by atoms with Crippen LogP contribution in [0.5, 0.6) is 5.75 Å². The highest BCUT2D eigenvalue weighted by atomic mass is 32.2. The van der Waals surface area contributed by atoms with E-state index in [-0.39, 0.29) is 12.5 Å². The lowest BCUT2D eigenvalue weighted by atomic mass is 9.90. The van der Waals surface area contributed by atoms with Crippen LogP contribution in [0.3, 0.4) is 0 Å². The predicted molar refractivity (Wildman–Crippen MR) is 117 cm³/mol. The summed E-state index contributed by atoms with van der Waals surface area (Å²) >= 11 is 0. The van der Waals surface area contributed by atoms with Crippen molar-refractivity contribution in [3.05, 3.63) is 59.7 Å². The third kappa shape index (κ3) is 4.46. The van der Waals surface area contributed by atoms with Crippen LogP contribution in [0.15, 0.2) is 48.5 Å². The largest absolute Gasteiger partial charge is 0.476 e. The van der Waals surface area contributed by atoms with Crippen molar-refractivity contribution in [1.29, 1.82) is 0 Å². The quantitative estimate of drug-likeness (QED) is 0.751.